The third-order valence-corrected chi connectivity index (χ3v) is 4.74. The highest BCUT2D eigenvalue weighted by Crippen LogP contribution is 2.47. The number of hydrogen-bond acceptors (Lipinski definition) is 4. The van der Waals surface area contributed by atoms with Crippen LogP contribution < -0.4 is 0 Å². The molecule has 3 aliphatic rings. The van der Waals surface area contributed by atoms with Gasteiger partial charge in [-0.15, -0.1) is 0 Å². The van der Waals surface area contributed by atoms with E-state index in [4.69, 9.17) is 9.47 Å². The minimum atomic E-state index is -0.325. The van der Waals surface area contributed by atoms with Gasteiger partial charge < -0.3 is 19.5 Å². The van der Waals surface area contributed by atoms with Crippen LogP contribution in [0.5, 0.6) is 0 Å². The molecule has 0 amide bonds. The molecule has 5 heteroatoms. The van der Waals surface area contributed by atoms with Gasteiger partial charge in [-0.05, 0) is 31.9 Å². The first-order valence-corrected chi connectivity index (χ1v) is 8.20. The highest BCUT2D eigenvalue weighted by Gasteiger charge is 2.50. The van der Waals surface area contributed by atoms with Gasteiger partial charge in [-0.1, -0.05) is 18.2 Å². The van der Waals surface area contributed by atoms with E-state index in [0.29, 0.717) is 11.4 Å². The third-order valence-electron chi connectivity index (χ3n) is 4.74. The minimum Gasteiger partial charge on any atom is -0.484 e. The fourth-order valence-electron chi connectivity index (χ4n) is 3.11. The van der Waals surface area contributed by atoms with E-state index in [2.05, 4.69) is 0 Å². The molecule has 0 aromatic heterocycles. The number of nitrogens with zero attached hydrogens (tertiary/aromatic N) is 1. The molecular weight excluding hydrogens is 309 g/mol. The summed E-state index contributed by atoms with van der Waals surface area (Å²) in [7, 11) is 0. The zero-order valence-electron chi connectivity index (χ0n) is 13.5. The number of aliphatic hydroxyl groups excluding tert-OH is 1. The van der Waals surface area contributed by atoms with Crippen molar-refractivity contribution < 1.29 is 19.0 Å². The Balaban J connectivity index is 1.60. The van der Waals surface area contributed by atoms with Crippen molar-refractivity contribution in [2.45, 2.75) is 38.0 Å². The van der Waals surface area contributed by atoms with Gasteiger partial charge in [0.2, 0.25) is 0 Å². The van der Waals surface area contributed by atoms with Crippen molar-refractivity contribution in [2.75, 3.05) is 6.61 Å². The number of fused-ring (bicyclic) bond motifs is 1. The van der Waals surface area contributed by atoms with Gasteiger partial charge >= 0.3 is 0 Å². The molecule has 4 rings (SSSR count). The van der Waals surface area contributed by atoms with E-state index in [0.717, 1.165) is 24.2 Å². The van der Waals surface area contributed by atoms with Crippen LogP contribution in [0.25, 0.3) is 0 Å². The van der Waals surface area contributed by atoms with E-state index >= 15 is 0 Å². The van der Waals surface area contributed by atoms with E-state index in [1.807, 2.05) is 30.2 Å². The monoisotopic (exact) mass is 329 g/mol. The van der Waals surface area contributed by atoms with Crippen LogP contribution in [-0.4, -0.2) is 28.3 Å². The summed E-state index contributed by atoms with van der Waals surface area (Å²) in [5.74, 6) is 1.13. The maximum absolute atomic E-state index is 13.8. The van der Waals surface area contributed by atoms with E-state index in [-0.39, 0.29) is 30.7 Å². The molecule has 4 nitrogen and oxygen atoms in total. The van der Waals surface area contributed by atoms with Crippen molar-refractivity contribution in [1.29, 1.82) is 0 Å². The highest BCUT2D eigenvalue weighted by atomic mass is 19.1. The van der Waals surface area contributed by atoms with Gasteiger partial charge in [0.15, 0.2) is 5.88 Å². The molecule has 1 fully saturated rings. The van der Waals surface area contributed by atoms with Crippen LogP contribution in [0.2, 0.25) is 0 Å². The Morgan fingerprint density at radius 2 is 2.17 bits per heavy atom. The topological polar surface area (TPSA) is 41.9 Å². The summed E-state index contributed by atoms with van der Waals surface area (Å²) >= 11 is 0. The molecule has 1 atom stereocenters. The van der Waals surface area contributed by atoms with Crippen LogP contribution in [0, 0.1) is 5.82 Å². The number of aliphatic hydroxyl groups is 1. The van der Waals surface area contributed by atoms with Crippen molar-refractivity contribution in [2.24, 2.45) is 0 Å². The SMILES string of the molecule is CC1C=C2C=C(OCc3ccccc3F)N(C3(CO)CC3)C=C2O1. The Bertz CT molecular complexity index is 749. The number of rotatable bonds is 5. The summed E-state index contributed by atoms with van der Waals surface area (Å²) in [5.41, 5.74) is 1.15. The highest BCUT2D eigenvalue weighted by molar-refractivity contribution is 5.45. The van der Waals surface area contributed by atoms with Crippen molar-refractivity contribution >= 4 is 0 Å². The molecule has 0 saturated heterocycles. The number of allylic oxidation sites excluding steroid dienone is 1. The molecule has 1 N–H and O–H groups in total. The lowest BCUT2D eigenvalue weighted by molar-refractivity contribution is 0.0650. The molecule has 1 aromatic carbocycles. The Hall–Kier alpha value is -2.27. The molecule has 1 unspecified atom stereocenters. The average Bonchev–Trinajstić information content (AvgIpc) is 3.29. The zero-order valence-corrected chi connectivity index (χ0v) is 13.5. The van der Waals surface area contributed by atoms with Crippen LogP contribution in [0.15, 0.2) is 59.8 Å². The first-order chi connectivity index (χ1) is 11.6. The summed E-state index contributed by atoms with van der Waals surface area (Å²) < 4.78 is 25.5. The molecule has 2 heterocycles. The van der Waals surface area contributed by atoms with Gasteiger partial charge in [-0.25, -0.2) is 4.39 Å². The smallest absolute Gasteiger partial charge is 0.195 e. The number of ether oxygens (including phenoxy) is 2. The predicted octanol–water partition coefficient (Wildman–Crippen LogP) is 3.21. The van der Waals surface area contributed by atoms with E-state index in [1.165, 1.54) is 6.07 Å². The summed E-state index contributed by atoms with van der Waals surface area (Å²) in [6.45, 7) is 2.16. The van der Waals surface area contributed by atoms with Gasteiger partial charge in [0.25, 0.3) is 0 Å². The fraction of sp³-hybridized carbons (Fsp3) is 0.368. The van der Waals surface area contributed by atoms with Crippen molar-refractivity contribution in [1.82, 2.24) is 4.90 Å². The first kappa shape index (κ1) is 15.3. The van der Waals surface area contributed by atoms with Crippen LogP contribution in [0.4, 0.5) is 4.39 Å². The zero-order chi connectivity index (χ0) is 16.7. The first-order valence-electron chi connectivity index (χ1n) is 8.20. The number of hydrogen-bond donors (Lipinski definition) is 1. The lowest BCUT2D eigenvalue weighted by atomic mass is 10.1. The van der Waals surface area contributed by atoms with Crippen LogP contribution in [0.3, 0.4) is 0 Å². The number of benzene rings is 1. The second-order valence-corrected chi connectivity index (χ2v) is 6.55. The minimum absolute atomic E-state index is 0.0135. The standard InChI is InChI=1S/C19H20FNO3/c1-13-8-15-9-18(23-11-14-4-2-3-5-16(14)20)21(10-17(15)24-13)19(12-22)6-7-19/h2-5,8-10,13,22H,6-7,11-12H2,1H3. The Labute approximate surface area is 140 Å². The quantitative estimate of drug-likeness (QED) is 0.901. The second-order valence-electron chi connectivity index (χ2n) is 6.55. The molecular formula is C19H20FNO3. The lowest BCUT2D eigenvalue weighted by Gasteiger charge is -2.34. The number of halogens is 1. The summed E-state index contributed by atoms with van der Waals surface area (Å²) in [4.78, 5) is 1.94. The van der Waals surface area contributed by atoms with Crippen LogP contribution in [0.1, 0.15) is 25.3 Å². The normalized spacial score (nSPS) is 23.7. The van der Waals surface area contributed by atoms with Crippen LogP contribution >= 0.6 is 0 Å². The van der Waals surface area contributed by atoms with Gasteiger partial charge in [-0.2, -0.15) is 0 Å². The summed E-state index contributed by atoms with van der Waals surface area (Å²) in [5, 5.41) is 9.78. The van der Waals surface area contributed by atoms with E-state index < -0.39 is 0 Å². The van der Waals surface area contributed by atoms with Gasteiger partial charge in [0, 0.05) is 17.2 Å². The van der Waals surface area contributed by atoms with E-state index in [1.54, 1.807) is 18.2 Å². The van der Waals surface area contributed by atoms with Crippen LogP contribution in [-0.2, 0) is 16.1 Å². The molecule has 0 spiro atoms. The lowest BCUT2D eigenvalue weighted by Crippen LogP contribution is -2.38. The van der Waals surface area contributed by atoms with Gasteiger partial charge in [-0.3, -0.25) is 0 Å². The summed E-state index contributed by atoms with van der Waals surface area (Å²) in [6.07, 6.45) is 7.63. The van der Waals surface area contributed by atoms with Gasteiger partial charge in [0.05, 0.1) is 18.3 Å². The fourth-order valence-corrected chi connectivity index (χ4v) is 3.11. The van der Waals surface area contributed by atoms with E-state index in [9.17, 15) is 9.50 Å². The Kier molecular flexibility index (Phi) is 3.61. The second kappa shape index (κ2) is 5.67. The maximum Gasteiger partial charge on any atom is 0.195 e. The molecule has 2 aliphatic heterocycles. The molecule has 0 bridgehead atoms. The Morgan fingerprint density at radius 3 is 2.88 bits per heavy atom. The van der Waals surface area contributed by atoms with Crippen molar-refractivity contribution in [3.8, 4) is 0 Å². The molecule has 1 aromatic rings. The predicted molar refractivity (Wildman–Crippen MR) is 86.9 cm³/mol. The molecule has 1 aliphatic carbocycles. The molecule has 0 radical (unpaired) electrons. The van der Waals surface area contributed by atoms with Crippen molar-refractivity contribution in [3.05, 3.63) is 71.2 Å². The third kappa shape index (κ3) is 2.59. The maximum atomic E-state index is 13.8. The summed E-state index contributed by atoms with van der Waals surface area (Å²) in [6, 6.07) is 6.59. The van der Waals surface area contributed by atoms with Crippen molar-refractivity contribution in [3.63, 3.8) is 0 Å². The largest absolute Gasteiger partial charge is 0.484 e. The average molecular weight is 329 g/mol. The molecule has 1 saturated carbocycles. The molecule has 24 heavy (non-hydrogen) atoms. The Morgan fingerprint density at radius 1 is 1.38 bits per heavy atom. The molecule has 126 valence electrons. The van der Waals surface area contributed by atoms with Gasteiger partial charge in [0.1, 0.15) is 24.3 Å².